The summed E-state index contributed by atoms with van der Waals surface area (Å²) >= 11 is 0. The van der Waals surface area contributed by atoms with Crippen molar-refractivity contribution in [2.45, 2.75) is 32.9 Å². The minimum absolute atomic E-state index is 0.102. The van der Waals surface area contributed by atoms with E-state index in [4.69, 9.17) is 9.72 Å². The van der Waals surface area contributed by atoms with E-state index < -0.39 is 0 Å². The van der Waals surface area contributed by atoms with Gasteiger partial charge in [-0.05, 0) is 62.2 Å². The Morgan fingerprint density at radius 3 is 2.61 bits per heavy atom. The Labute approximate surface area is 182 Å². The summed E-state index contributed by atoms with van der Waals surface area (Å²) in [5.41, 5.74) is 3.82. The molecule has 1 amide bonds. The molecular weight excluding hydrogens is 386 g/mol. The number of aromatic nitrogens is 2. The van der Waals surface area contributed by atoms with E-state index in [-0.39, 0.29) is 11.9 Å². The molecule has 4 aromatic rings. The van der Waals surface area contributed by atoms with Gasteiger partial charge in [0.25, 0.3) is 5.91 Å². The second-order valence-electron chi connectivity index (χ2n) is 7.69. The third kappa shape index (κ3) is 4.94. The van der Waals surface area contributed by atoms with E-state index in [2.05, 4.69) is 28.9 Å². The molecule has 0 fully saturated rings. The van der Waals surface area contributed by atoms with Crippen LogP contribution < -0.4 is 10.1 Å². The van der Waals surface area contributed by atoms with Gasteiger partial charge in [0.15, 0.2) is 0 Å². The summed E-state index contributed by atoms with van der Waals surface area (Å²) in [6.07, 6.45) is 0.834. The van der Waals surface area contributed by atoms with E-state index in [1.807, 2.05) is 73.7 Å². The highest BCUT2D eigenvalue weighted by atomic mass is 16.5. The van der Waals surface area contributed by atoms with Crippen molar-refractivity contribution in [3.63, 3.8) is 0 Å². The van der Waals surface area contributed by atoms with Crippen LogP contribution in [0.2, 0.25) is 0 Å². The second kappa shape index (κ2) is 9.47. The summed E-state index contributed by atoms with van der Waals surface area (Å²) in [5.74, 6) is 1.63. The van der Waals surface area contributed by atoms with Gasteiger partial charge in [-0.25, -0.2) is 4.98 Å². The van der Waals surface area contributed by atoms with Crippen LogP contribution in [-0.2, 0) is 6.54 Å². The molecule has 1 heterocycles. The van der Waals surface area contributed by atoms with Crippen LogP contribution in [0.3, 0.4) is 0 Å². The summed E-state index contributed by atoms with van der Waals surface area (Å²) < 4.78 is 8.10. The minimum atomic E-state index is -0.224. The monoisotopic (exact) mass is 413 g/mol. The van der Waals surface area contributed by atoms with E-state index in [1.54, 1.807) is 0 Å². The van der Waals surface area contributed by atoms with Gasteiger partial charge in [0, 0.05) is 12.1 Å². The predicted octanol–water partition coefficient (Wildman–Crippen LogP) is 5.30. The average molecular weight is 414 g/mol. The van der Waals surface area contributed by atoms with Crippen LogP contribution in [0.4, 0.5) is 0 Å². The average Bonchev–Trinajstić information content (AvgIpc) is 3.16. The van der Waals surface area contributed by atoms with Crippen LogP contribution in [0, 0.1) is 6.92 Å². The van der Waals surface area contributed by atoms with Crippen molar-refractivity contribution in [2.24, 2.45) is 0 Å². The molecule has 1 N–H and O–H groups in total. The number of hydrogen-bond acceptors (Lipinski definition) is 3. The molecular formula is C26H27N3O2. The van der Waals surface area contributed by atoms with E-state index >= 15 is 0 Å². The quantitative estimate of drug-likeness (QED) is 0.399. The molecule has 0 saturated carbocycles. The van der Waals surface area contributed by atoms with Gasteiger partial charge in [0.05, 0.1) is 23.7 Å². The smallest absolute Gasteiger partial charge is 0.251 e. The molecule has 5 nitrogen and oxygen atoms in total. The highest BCUT2D eigenvalue weighted by Crippen LogP contribution is 2.22. The van der Waals surface area contributed by atoms with Crippen LogP contribution >= 0.6 is 0 Å². The maximum atomic E-state index is 12.6. The maximum Gasteiger partial charge on any atom is 0.251 e. The maximum absolute atomic E-state index is 12.6. The van der Waals surface area contributed by atoms with Gasteiger partial charge >= 0.3 is 0 Å². The highest BCUT2D eigenvalue weighted by molar-refractivity contribution is 5.94. The number of nitrogens with one attached hydrogen (secondary N) is 1. The Balaban J connectivity index is 1.48. The Morgan fingerprint density at radius 1 is 1.03 bits per heavy atom. The van der Waals surface area contributed by atoms with Crippen molar-refractivity contribution in [1.29, 1.82) is 0 Å². The summed E-state index contributed by atoms with van der Waals surface area (Å²) in [5, 5.41) is 3.08. The zero-order chi connectivity index (χ0) is 21.6. The number of benzene rings is 3. The van der Waals surface area contributed by atoms with Crippen molar-refractivity contribution in [3.05, 3.63) is 95.8 Å². The van der Waals surface area contributed by atoms with Crippen molar-refractivity contribution in [2.75, 3.05) is 6.61 Å². The molecule has 0 saturated heterocycles. The summed E-state index contributed by atoms with van der Waals surface area (Å²) in [6.45, 7) is 5.40. The SMILES string of the molecule is Cc1cccc(OCCCn2c(C(C)NC(=O)c3ccccc3)nc3ccccc32)c1. The van der Waals surface area contributed by atoms with Gasteiger partial charge in [-0.3, -0.25) is 4.79 Å². The Morgan fingerprint density at radius 2 is 1.81 bits per heavy atom. The topological polar surface area (TPSA) is 56.1 Å². The first-order valence-electron chi connectivity index (χ1n) is 10.6. The molecule has 0 aliphatic heterocycles. The molecule has 0 radical (unpaired) electrons. The Hall–Kier alpha value is -3.60. The van der Waals surface area contributed by atoms with Crippen LogP contribution in [0.1, 0.15) is 41.1 Å². The molecule has 1 unspecified atom stereocenters. The molecule has 0 aliphatic rings. The number of amides is 1. The fraction of sp³-hybridized carbons (Fsp3) is 0.231. The molecule has 4 rings (SSSR count). The van der Waals surface area contributed by atoms with Crippen LogP contribution in [0.15, 0.2) is 78.9 Å². The molecule has 1 aromatic heterocycles. The highest BCUT2D eigenvalue weighted by Gasteiger charge is 2.19. The molecule has 5 heteroatoms. The number of hydrogen-bond donors (Lipinski definition) is 1. The number of fused-ring (bicyclic) bond motifs is 1. The number of carbonyl (C=O) groups is 1. The Bertz CT molecular complexity index is 1170. The molecule has 1 atom stereocenters. The molecule has 3 aromatic carbocycles. The lowest BCUT2D eigenvalue weighted by Gasteiger charge is -2.17. The second-order valence-corrected chi connectivity index (χ2v) is 7.69. The molecule has 0 aliphatic carbocycles. The van der Waals surface area contributed by atoms with Gasteiger partial charge in [0.1, 0.15) is 11.6 Å². The molecule has 0 bridgehead atoms. The van der Waals surface area contributed by atoms with Gasteiger partial charge in [-0.1, -0.05) is 42.5 Å². The van der Waals surface area contributed by atoms with E-state index in [9.17, 15) is 4.79 Å². The fourth-order valence-corrected chi connectivity index (χ4v) is 3.71. The first kappa shape index (κ1) is 20.7. The van der Waals surface area contributed by atoms with Crippen LogP contribution in [0.25, 0.3) is 11.0 Å². The van der Waals surface area contributed by atoms with Crippen molar-refractivity contribution >= 4 is 16.9 Å². The molecule has 158 valence electrons. The lowest BCUT2D eigenvalue weighted by atomic mass is 10.2. The number of para-hydroxylation sites is 2. The number of imidazole rings is 1. The third-order valence-electron chi connectivity index (χ3n) is 5.24. The number of carbonyl (C=O) groups excluding carboxylic acids is 1. The van der Waals surface area contributed by atoms with E-state index in [0.29, 0.717) is 12.2 Å². The lowest BCUT2D eigenvalue weighted by molar-refractivity contribution is 0.0937. The van der Waals surface area contributed by atoms with Gasteiger partial charge in [0.2, 0.25) is 0 Å². The fourth-order valence-electron chi connectivity index (χ4n) is 3.71. The third-order valence-corrected chi connectivity index (χ3v) is 5.24. The number of rotatable bonds is 8. The van der Waals surface area contributed by atoms with Crippen molar-refractivity contribution < 1.29 is 9.53 Å². The van der Waals surface area contributed by atoms with Gasteiger partial charge < -0.3 is 14.6 Å². The number of aryl methyl sites for hydroxylation is 2. The largest absolute Gasteiger partial charge is 0.494 e. The zero-order valence-corrected chi connectivity index (χ0v) is 17.9. The van der Waals surface area contributed by atoms with Gasteiger partial charge in [-0.2, -0.15) is 0 Å². The summed E-state index contributed by atoms with van der Waals surface area (Å²) in [7, 11) is 0. The van der Waals surface area contributed by atoms with Crippen LogP contribution in [0.5, 0.6) is 5.75 Å². The predicted molar refractivity (Wildman–Crippen MR) is 123 cm³/mol. The molecule has 31 heavy (non-hydrogen) atoms. The van der Waals surface area contributed by atoms with Crippen LogP contribution in [-0.4, -0.2) is 22.1 Å². The molecule has 0 spiro atoms. The minimum Gasteiger partial charge on any atom is -0.494 e. The first-order valence-corrected chi connectivity index (χ1v) is 10.6. The number of ether oxygens (including phenoxy) is 1. The first-order chi connectivity index (χ1) is 15.1. The van der Waals surface area contributed by atoms with Crippen molar-refractivity contribution in [1.82, 2.24) is 14.9 Å². The van der Waals surface area contributed by atoms with E-state index in [0.717, 1.165) is 35.6 Å². The lowest BCUT2D eigenvalue weighted by Crippen LogP contribution is -2.28. The number of nitrogens with zero attached hydrogens (tertiary/aromatic N) is 2. The van der Waals surface area contributed by atoms with Gasteiger partial charge in [-0.15, -0.1) is 0 Å². The van der Waals surface area contributed by atoms with Crippen molar-refractivity contribution in [3.8, 4) is 5.75 Å². The normalized spacial score (nSPS) is 11.9. The van der Waals surface area contributed by atoms with E-state index in [1.165, 1.54) is 5.56 Å². The Kier molecular flexibility index (Phi) is 6.32. The standard InChI is InChI=1S/C26H27N3O2/c1-19-10-8-13-22(18-19)31-17-9-16-29-24-15-7-6-14-23(24)28-25(29)20(2)27-26(30)21-11-4-3-5-12-21/h3-8,10-15,18,20H,9,16-17H2,1-2H3,(H,27,30). The zero-order valence-electron chi connectivity index (χ0n) is 17.9. The summed E-state index contributed by atoms with van der Waals surface area (Å²) in [4.78, 5) is 17.4. The summed E-state index contributed by atoms with van der Waals surface area (Å²) in [6, 6.07) is 25.2.